The van der Waals surface area contributed by atoms with Gasteiger partial charge in [-0.25, -0.2) is 13.2 Å². The molecule has 0 unspecified atom stereocenters. The van der Waals surface area contributed by atoms with E-state index in [-0.39, 0.29) is 58.5 Å². The van der Waals surface area contributed by atoms with Crippen LogP contribution < -0.4 is 14.8 Å². The van der Waals surface area contributed by atoms with E-state index in [4.69, 9.17) is 18.9 Å². The second kappa shape index (κ2) is 10.4. The molecule has 0 radical (unpaired) electrons. The largest absolute Gasteiger partial charge is 0.493 e. The maximum Gasteiger partial charge on any atom is 0.340 e. The monoisotopic (exact) mass is 492 g/mol. The predicted molar refractivity (Wildman–Crippen MR) is 124 cm³/mol. The summed E-state index contributed by atoms with van der Waals surface area (Å²) in [5, 5.41) is 2.64. The molecule has 1 aliphatic rings. The Kier molecular flexibility index (Phi) is 7.80. The second-order valence-corrected chi connectivity index (χ2v) is 9.74. The Bertz CT molecular complexity index is 1170. The van der Waals surface area contributed by atoms with E-state index in [0.29, 0.717) is 0 Å². The van der Waals surface area contributed by atoms with Gasteiger partial charge in [0.05, 0.1) is 49.7 Å². The van der Waals surface area contributed by atoms with Crippen LogP contribution >= 0.6 is 0 Å². The molecule has 1 N–H and O–H groups in total. The Morgan fingerprint density at radius 1 is 1.00 bits per heavy atom. The molecule has 3 rings (SSSR count). The van der Waals surface area contributed by atoms with Crippen LogP contribution in [-0.2, 0) is 19.5 Å². The van der Waals surface area contributed by atoms with Gasteiger partial charge in [-0.2, -0.15) is 4.31 Å². The third kappa shape index (κ3) is 5.32. The Hall–Kier alpha value is -3.15. The number of anilines is 1. The quantitative estimate of drug-likeness (QED) is 0.586. The highest BCUT2D eigenvalue weighted by atomic mass is 32.2. The van der Waals surface area contributed by atoms with Gasteiger partial charge in [0.2, 0.25) is 10.0 Å². The van der Waals surface area contributed by atoms with Gasteiger partial charge in [0.15, 0.2) is 11.5 Å². The number of ether oxygens (including phenoxy) is 4. The SMILES string of the molecule is COC(=O)c1cc(OC)c(OC)cc1NC(=O)c1cccc(S(=O)(=O)N2C[C@@H](C)O[C@@H](C)C2)c1. The lowest BCUT2D eigenvalue weighted by Gasteiger charge is -2.34. The minimum atomic E-state index is -3.84. The maximum absolute atomic E-state index is 13.2. The average Bonchev–Trinajstić information content (AvgIpc) is 2.82. The number of nitrogens with one attached hydrogen (secondary N) is 1. The zero-order valence-electron chi connectivity index (χ0n) is 19.7. The first-order valence-corrected chi connectivity index (χ1v) is 12.0. The van der Waals surface area contributed by atoms with Gasteiger partial charge in [0.1, 0.15) is 0 Å². The van der Waals surface area contributed by atoms with Crippen molar-refractivity contribution in [2.45, 2.75) is 31.0 Å². The molecular formula is C23H28N2O8S. The van der Waals surface area contributed by atoms with Gasteiger partial charge in [-0.15, -0.1) is 0 Å². The van der Waals surface area contributed by atoms with Crippen LogP contribution in [0.3, 0.4) is 0 Å². The van der Waals surface area contributed by atoms with E-state index in [1.807, 2.05) is 13.8 Å². The highest BCUT2D eigenvalue weighted by Crippen LogP contribution is 2.34. The van der Waals surface area contributed by atoms with Crippen LogP contribution in [0.4, 0.5) is 5.69 Å². The molecule has 1 aliphatic heterocycles. The summed E-state index contributed by atoms with van der Waals surface area (Å²) in [5.41, 5.74) is 0.271. The second-order valence-electron chi connectivity index (χ2n) is 7.81. The third-order valence-electron chi connectivity index (χ3n) is 5.30. The van der Waals surface area contributed by atoms with Crippen molar-refractivity contribution < 1.29 is 37.0 Å². The number of carbonyl (C=O) groups is 2. The summed E-state index contributed by atoms with van der Waals surface area (Å²) in [7, 11) is 0.211. The summed E-state index contributed by atoms with van der Waals surface area (Å²) in [6, 6.07) is 8.53. The predicted octanol–water partition coefficient (Wildman–Crippen LogP) is 2.54. The molecule has 10 nitrogen and oxygen atoms in total. The fourth-order valence-electron chi connectivity index (χ4n) is 3.73. The summed E-state index contributed by atoms with van der Waals surface area (Å²) in [6.45, 7) is 4.06. The lowest BCUT2D eigenvalue weighted by atomic mass is 10.1. The van der Waals surface area contributed by atoms with Crippen molar-refractivity contribution in [3.8, 4) is 11.5 Å². The third-order valence-corrected chi connectivity index (χ3v) is 7.12. The Labute approximate surface area is 198 Å². The maximum atomic E-state index is 13.2. The molecule has 1 fully saturated rings. The number of sulfonamides is 1. The van der Waals surface area contributed by atoms with Gasteiger partial charge in [0, 0.05) is 30.8 Å². The van der Waals surface area contributed by atoms with Crippen LogP contribution in [0.2, 0.25) is 0 Å². The highest BCUT2D eigenvalue weighted by Gasteiger charge is 2.32. The minimum absolute atomic E-state index is 0.0121. The van der Waals surface area contributed by atoms with Crippen molar-refractivity contribution in [3.05, 3.63) is 47.5 Å². The molecule has 0 aliphatic carbocycles. The molecule has 0 aromatic heterocycles. The summed E-state index contributed by atoms with van der Waals surface area (Å²) in [4.78, 5) is 25.3. The highest BCUT2D eigenvalue weighted by molar-refractivity contribution is 7.89. The van der Waals surface area contributed by atoms with Crippen molar-refractivity contribution in [1.29, 1.82) is 0 Å². The number of esters is 1. The standard InChI is InChI=1S/C23H28N2O8S/c1-14-12-25(13-15(2)33-14)34(28,29)17-8-6-7-16(9-17)22(26)24-19-11-21(31-4)20(30-3)10-18(19)23(27)32-5/h6-11,14-15H,12-13H2,1-5H3,(H,24,26)/t14-,15+. The van der Waals surface area contributed by atoms with E-state index in [2.05, 4.69) is 5.32 Å². The van der Waals surface area contributed by atoms with E-state index in [1.54, 1.807) is 0 Å². The molecular weight excluding hydrogens is 464 g/mol. The molecule has 11 heteroatoms. The Balaban J connectivity index is 1.92. The molecule has 1 heterocycles. The van der Waals surface area contributed by atoms with Crippen LogP contribution in [0.1, 0.15) is 34.6 Å². The number of rotatable bonds is 7. The van der Waals surface area contributed by atoms with E-state index in [1.165, 1.54) is 62.0 Å². The molecule has 1 saturated heterocycles. The van der Waals surface area contributed by atoms with E-state index < -0.39 is 21.9 Å². The van der Waals surface area contributed by atoms with E-state index in [9.17, 15) is 18.0 Å². The summed E-state index contributed by atoms with van der Waals surface area (Å²) in [6.07, 6.45) is -0.487. The molecule has 34 heavy (non-hydrogen) atoms. The molecule has 0 spiro atoms. The van der Waals surface area contributed by atoms with Crippen molar-refractivity contribution in [2.24, 2.45) is 0 Å². The fraction of sp³-hybridized carbons (Fsp3) is 0.391. The molecule has 2 atom stereocenters. The number of benzene rings is 2. The number of methoxy groups -OCH3 is 3. The summed E-state index contributed by atoms with van der Waals surface area (Å²) >= 11 is 0. The van der Waals surface area contributed by atoms with Gasteiger partial charge < -0.3 is 24.3 Å². The zero-order chi connectivity index (χ0) is 25.0. The van der Waals surface area contributed by atoms with Crippen molar-refractivity contribution in [2.75, 3.05) is 39.7 Å². The number of nitrogens with zero attached hydrogens (tertiary/aromatic N) is 1. The number of amides is 1. The lowest BCUT2D eigenvalue weighted by molar-refractivity contribution is -0.0440. The number of morpholine rings is 1. The number of carbonyl (C=O) groups excluding carboxylic acids is 2. The summed E-state index contributed by atoms with van der Waals surface area (Å²) < 4.78 is 48.6. The Morgan fingerprint density at radius 2 is 1.62 bits per heavy atom. The molecule has 0 bridgehead atoms. The first-order chi connectivity index (χ1) is 16.1. The average molecular weight is 493 g/mol. The normalized spacial score (nSPS) is 18.7. The van der Waals surface area contributed by atoms with Crippen molar-refractivity contribution >= 4 is 27.6 Å². The van der Waals surface area contributed by atoms with Gasteiger partial charge >= 0.3 is 5.97 Å². The van der Waals surface area contributed by atoms with Crippen LogP contribution in [0, 0.1) is 0 Å². The van der Waals surface area contributed by atoms with Crippen LogP contribution in [-0.4, -0.2) is 71.2 Å². The molecule has 184 valence electrons. The first kappa shape index (κ1) is 25.5. The number of hydrogen-bond acceptors (Lipinski definition) is 8. The fourth-order valence-corrected chi connectivity index (χ4v) is 5.37. The van der Waals surface area contributed by atoms with Gasteiger partial charge in [0.25, 0.3) is 5.91 Å². The van der Waals surface area contributed by atoms with Gasteiger partial charge in [-0.3, -0.25) is 4.79 Å². The van der Waals surface area contributed by atoms with Gasteiger partial charge in [-0.05, 0) is 32.0 Å². The summed E-state index contributed by atoms with van der Waals surface area (Å²) in [5.74, 6) is -0.735. The van der Waals surface area contributed by atoms with E-state index >= 15 is 0 Å². The molecule has 2 aromatic carbocycles. The van der Waals surface area contributed by atoms with Crippen molar-refractivity contribution in [1.82, 2.24) is 4.31 Å². The molecule has 2 aromatic rings. The molecule has 1 amide bonds. The van der Waals surface area contributed by atoms with Gasteiger partial charge in [-0.1, -0.05) is 6.07 Å². The van der Waals surface area contributed by atoms with Crippen LogP contribution in [0.5, 0.6) is 11.5 Å². The number of hydrogen-bond donors (Lipinski definition) is 1. The smallest absolute Gasteiger partial charge is 0.340 e. The first-order valence-electron chi connectivity index (χ1n) is 10.5. The minimum Gasteiger partial charge on any atom is -0.493 e. The molecule has 0 saturated carbocycles. The lowest BCUT2D eigenvalue weighted by Crippen LogP contribution is -2.48. The van der Waals surface area contributed by atoms with Crippen LogP contribution in [0.15, 0.2) is 41.3 Å². The van der Waals surface area contributed by atoms with E-state index in [0.717, 1.165) is 0 Å². The zero-order valence-corrected chi connectivity index (χ0v) is 20.5. The van der Waals surface area contributed by atoms with Crippen LogP contribution in [0.25, 0.3) is 0 Å². The Morgan fingerprint density at radius 3 is 2.21 bits per heavy atom. The topological polar surface area (TPSA) is 120 Å². The van der Waals surface area contributed by atoms with Crippen molar-refractivity contribution in [3.63, 3.8) is 0 Å².